The number of carboxylic acid groups (broad SMARTS) is 1. The molecular formula is C17H20N4O4. The van der Waals surface area contributed by atoms with E-state index < -0.39 is 12.0 Å². The van der Waals surface area contributed by atoms with Gasteiger partial charge in [0.2, 0.25) is 5.91 Å². The summed E-state index contributed by atoms with van der Waals surface area (Å²) in [5, 5.41) is 13.7. The molecule has 1 saturated heterocycles. The number of aryl methyl sites for hydroxylation is 1. The molecule has 0 aromatic carbocycles. The highest BCUT2D eigenvalue weighted by atomic mass is 16.4. The fourth-order valence-corrected chi connectivity index (χ4v) is 4.34. The van der Waals surface area contributed by atoms with Crippen LogP contribution in [0.3, 0.4) is 0 Å². The molecule has 2 aromatic heterocycles. The first-order chi connectivity index (χ1) is 12.1. The molecule has 8 nitrogen and oxygen atoms in total. The van der Waals surface area contributed by atoms with Gasteiger partial charge in [-0.15, -0.1) is 5.10 Å². The highest BCUT2D eigenvalue weighted by Crippen LogP contribution is 2.42. The van der Waals surface area contributed by atoms with Crippen molar-refractivity contribution in [3.8, 4) is 0 Å². The number of rotatable bonds is 4. The number of likely N-dealkylation sites (tertiary alicyclic amines) is 1. The fraction of sp³-hybridized carbons (Fsp3) is 0.529. The molecule has 1 aliphatic carbocycles. The van der Waals surface area contributed by atoms with Crippen LogP contribution in [0.15, 0.2) is 29.2 Å². The Labute approximate surface area is 143 Å². The summed E-state index contributed by atoms with van der Waals surface area (Å²) in [6.45, 7) is 0.665. The molecule has 2 fully saturated rings. The number of carbonyl (C=O) groups is 2. The van der Waals surface area contributed by atoms with Gasteiger partial charge in [0.15, 0.2) is 5.65 Å². The minimum atomic E-state index is -0.923. The van der Waals surface area contributed by atoms with Crippen molar-refractivity contribution < 1.29 is 14.7 Å². The number of aliphatic carboxylic acids is 1. The third-order valence-corrected chi connectivity index (χ3v) is 5.49. The molecular weight excluding hydrogens is 324 g/mol. The molecule has 132 valence electrons. The molecule has 3 heterocycles. The zero-order valence-electron chi connectivity index (χ0n) is 13.7. The lowest BCUT2D eigenvalue weighted by molar-refractivity contribution is -0.149. The van der Waals surface area contributed by atoms with Crippen LogP contribution in [0.5, 0.6) is 0 Å². The molecule has 1 aliphatic heterocycles. The van der Waals surface area contributed by atoms with E-state index in [1.54, 1.807) is 24.4 Å². The summed E-state index contributed by atoms with van der Waals surface area (Å²) >= 11 is 0. The predicted molar refractivity (Wildman–Crippen MR) is 88.0 cm³/mol. The van der Waals surface area contributed by atoms with Crippen LogP contribution in [0, 0.1) is 11.8 Å². The molecule has 0 bridgehead atoms. The molecule has 25 heavy (non-hydrogen) atoms. The minimum absolute atomic E-state index is 0.0689. The quantitative estimate of drug-likeness (QED) is 0.876. The van der Waals surface area contributed by atoms with E-state index >= 15 is 0 Å². The lowest BCUT2D eigenvalue weighted by Crippen LogP contribution is -2.43. The molecule has 2 aromatic rings. The number of amides is 1. The largest absolute Gasteiger partial charge is 0.480 e. The normalized spacial score (nSPS) is 25.4. The first kappa shape index (κ1) is 15.9. The number of fused-ring (bicyclic) bond motifs is 2. The van der Waals surface area contributed by atoms with Crippen molar-refractivity contribution in [3.63, 3.8) is 0 Å². The predicted octanol–water partition coefficient (Wildman–Crippen LogP) is 0.598. The summed E-state index contributed by atoms with van der Waals surface area (Å²) < 4.78 is 2.69. The second-order valence-corrected chi connectivity index (χ2v) is 6.87. The number of hydrogen-bond donors (Lipinski definition) is 1. The van der Waals surface area contributed by atoms with E-state index in [9.17, 15) is 19.5 Å². The number of pyridine rings is 1. The Kier molecular flexibility index (Phi) is 3.82. The van der Waals surface area contributed by atoms with Gasteiger partial charge in [0.25, 0.3) is 0 Å². The summed E-state index contributed by atoms with van der Waals surface area (Å²) in [4.78, 5) is 38.0. The maximum atomic E-state index is 12.6. The molecule has 1 amide bonds. The Balaban J connectivity index is 1.49. The van der Waals surface area contributed by atoms with E-state index in [4.69, 9.17) is 0 Å². The van der Waals surface area contributed by atoms with Gasteiger partial charge in [-0.25, -0.2) is 14.3 Å². The van der Waals surface area contributed by atoms with Crippen LogP contribution in [-0.2, 0) is 16.1 Å². The van der Waals surface area contributed by atoms with Crippen LogP contribution < -0.4 is 5.69 Å². The molecule has 2 aliphatic rings. The molecule has 0 radical (unpaired) electrons. The Morgan fingerprint density at radius 3 is 2.88 bits per heavy atom. The second-order valence-electron chi connectivity index (χ2n) is 6.87. The summed E-state index contributed by atoms with van der Waals surface area (Å²) in [5.74, 6) is -0.777. The van der Waals surface area contributed by atoms with Crippen molar-refractivity contribution >= 4 is 17.5 Å². The van der Waals surface area contributed by atoms with Gasteiger partial charge in [-0.3, -0.25) is 9.20 Å². The van der Waals surface area contributed by atoms with E-state index in [0.717, 1.165) is 19.3 Å². The van der Waals surface area contributed by atoms with Crippen molar-refractivity contribution in [1.29, 1.82) is 0 Å². The molecule has 3 atom stereocenters. The SMILES string of the molecule is O=C(O)C1C2CCCC2CN1C(=O)CCn1nc2ccccn2c1=O. The van der Waals surface area contributed by atoms with Crippen molar-refractivity contribution in [2.75, 3.05) is 6.54 Å². The van der Waals surface area contributed by atoms with Crippen LogP contribution >= 0.6 is 0 Å². The third kappa shape index (κ3) is 2.61. The summed E-state index contributed by atoms with van der Waals surface area (Å²) in [5.41, 5.74) is 0.232. The Morgan fingerprint density at radius 1 is 1.28 bits per heavy atom. The highest BCUT2D eigenvalue weighted by Gasteiger charge is 2.49. The summed E-state index contributed by atoms with van der Waals surface area (Å²) in [6.07, 6.45) is 4.61. The van der Waals surface area contributed by atoms with Gasteiger partial charge in [0, 0.05) is 19.2 Å². The molecule has 8 heteroatoms. The van der Waals surface area contributed by atoms with Crippen LogP contribution in [0.1, 0.15) is 25.7 Å². The van der Waals surface area contributed by atoms with Crippen LogP contribution in [0.2, 0.25) is 0 Å². The van der Waals surface area contributed by atoms with Gasteiger partial charge >= 0.3 is 11.7 Å². The molecule has 1 N–H and O–H groups in total. The van der Waals surface area contributed by atoms with Gasteiger partial charge in [-0.1, -0.05) is 12.5 Å². The Hall–Kier alpha value is -2.64. The Morgan fingerprint density at radius 2 is 2.12 bits per heavy atom. The summed E-state index contributed by atoms with van der Waals surface area (Å²) in [6, 6.07) is 4.53. The summed E-state index contributed by atoms with van der Waals surface area (Å²) in [7, 11) is 0. The van der Waals surface area contributed by atoms with Crippen molar-refractivity contribution in [2.45, 2.75) is 38.3 Å². The average molecular weight is 344 g/mol. The number of carboxylic acids is 1. The van der Waals surface area contributed by atoms with Gasteiger partial charge in [-0.05, 0) is 36.8 Å². The van der Waals surface area contributed by atoms with Gasteiger partial charge in [-0.2, -0.15) is 0 Å². The van der Waals surface area contributed by atoms with Gasteiger partial charge in [0.05, 0.1) is 6.54 Å². The van der Waals surface area contributed by atoms with Crippen molar-refractivity contribution in [1.82, 2.24) is 19.1 Å². The average Bonchev–Trinajstić information content (AvgIpc) is 3.25. The topological polar surface area (TPSA) is 96.9 Å². The Bertz CT molecular complexity index is 886. The third-order valence-electron chi connectivity index (χ3n) is 5.49. The maximum absolute atomic E-state index is 12.6. The lowest BCUT2D eigenvalue weighted by atomic mass is 9.94. The fourth-order valence-electron chi connectivity index (χ4n) is 4.34. The first-order valence-corrected chi connectivity index (χ1v) is 8.63. The highest BCUT2D eigenvalue weighted by molar-refractivity contribution is 5.84. The van der Waals surface area contributed by atoms with Crippen molar-refractivity contribution in [3.05, 3.63) is 34.9 Å². The molecule has 4 rings (SSSR count). The smallest absolute Gasteiger partial charge is 0.350 e. The van der Waals surface area contributed by atoms with E-state index in [2.05, 4.69) is 5.10 Å². The first-order valence-electron chi connectivity index (χ1n) is 8.63. The van der Waals surface area contributed by atoms with Gasteiger partial charge < -0.3 is 10.0 Å². The number of nitrogens with zero attached hydrogens (tertiary/aromatic N) is 4. The second kappa shape index (κ2) is 6.02. The van der Waals surface area contributed by atoms with E-state index in [0.29, 0.717) is 18.1 Å². The molecule has 1 saturated carbocycles. The van der Waals surface area contributed by atoms with Crippen LogP contribution in [0.4, 0.5) is 0 Å². The minimum Gasteiger partial charge on any atom is -0.480 e. The maximum Gasteiger partial charge on any atom is 0.350 e. The lowest BCUT2D eigenvalue weighted by Gasteiger charge is -2.24. The van der Waals surface area contributed by atoms with E-state index in [1.807, 2.05) is 0 Å². The van der Waals surface area contributed by atoms with Crippen LogP contribution in [-0.4, -0.2) is 48.7 Å². The zero-order chi connectivity index (χ0) is 17.6. The standard InChI is InChI=1S/C17H20N4O4/c22-14(20-10-11-4-3-5-12(11)15(20)16(23)24)7-9-21-17(25)19-8-2-1-6-13(19)18-21/h1-2,6,8,11-12,15H,3-5,7,9-10H2,(H,23,24). The van der Waals surface area contributed by atoms with E-state index in [1.165, 1.54) is 14.0 Å². The number of hydrogen-bond acceptors (Lipinski definition) is 4. The van der Waals surface area contributed by atoms with E-state index in [-0.39, 0.29) is 30.5 Å². The molecule has 0 spiro atoms. The monoisotopic (exact) mass is 344 g/mol. The number of carbonyl (C=O) groups excluding carboxylic acids is 1. The molecule has 3 unspecified atom stereocenters. The van der Waals surface area contributed by atoms with Gasteiger partial charge in [0.1, 0.15) is 6.04 Å². The number of aromatic nitrogens is 3. The zero-order valence-corrected chi connectivity index (χ0v) is 13.7. The van der Waals surface area contributed by atoms with Crippen LogP contribution in [0.25, 0.3) is 5.65 Å². The van der Waals surface area contributed by atoms with Crippen molar-refractivity contribution in [2.24, 2.45) is 11.8 Å².